The normalized spacial score (nSPS) is 37.7. The van der Waals surface area contributed by atoms with Gasteiger partial charge < -0.3 is 79.8 Å². The third kappa shape index (κ3) is 16.7. The van der Waals surface area contributed by atoms with E-state index >= 15 is 0 Å². The topological polar surface area (TPSA) is 308 Å². The number of hydrogen-bond acceptors (Lipinski definition) is 20. The standard InChI is InChI=1S/C72H101F2N5O17/c1-5-42-29-47(35-58(68(42)96-71-38(2)63(85)64(86)39(3)91-71)94-72-61(75-40(4)81)69(67(89)60(37-80)95-72)93-59(70(90)78-26-13-27-78)28-41-14-7-6-8-15-41)53(82)20-9-10-21-54(83)48-33-51(45-23-22-44(30-45)43-16-11-18-49(73)31-43)65(87)57(34-48)92-56-25-24-55(84)62(66(56)88)79-36-52(76-77-79)46-17-12-19-50(74)32-46/h11-12,16-19,22-23,30-32,36,38-39,41-42,45,47-48,51,55-69,71-72,76-77,80,84-89H,5-10,13-15,20-21,24-29,33-35,37H2,1-4H3,(H,75,81)/t38-,39?,42?,45?,47?,48?,51?,55-,56+,57+,58+,59-,60?,61?,62?,63?,64+,65?,66-,67-,68+,69+,71-,72+/m0/s1. The van der Waals surface area contributed by atoms with E-state index in [9.17, 15) is 63.7 Å². The molecule has 96 heavy (non-hydrogen) atoms. The molecule has 0 bridgehead atoms. The van der Waals surface area contributed by atoms with Crippen LogP contribution in [0.5, 0.6) is 0 Å². The van der Waals surface area contributed by atoms with E-state index in [1.54, 1.807) is 49.2 Å². The predicted octanol–water partition coefficient (Wildman–Crippen LogP) is 5.43. The van der Waals surface area contributed by atoms with Crippen molar-refractivity contribution in [3.05, 3.63) is 95.7 Å². The van der Waals surface area contributed by atoms with Crippen LogP contribution in [-0.4, -0.2) is 199 Å². The van der Waals surface area contributed by atoms with Crippen LogP contribution in [0.25, 0.3) is 11.3 Å². The Hall–Kier alpha value is -5.16. The SMILES string of the molecule is CCC1CC(C(=O)CCCCC(=O)C2CC(C3C=CC(c4cccc(F)c4)=C3)C(O)[C@H](O[C@@H]3CC[C@H](O)C(N4C=C(c5cccc(F)c5)NN4)[C@H]3O)C2)C[C@@H](O[C@@H]2OC(CO)[C@H](O)[C@H](O[C@@H](CC3CCCCC3)C(=O)N3CCC3)C2NC(C)=O)[C@@H]1O[C@@H]1OC(C)[C@@H](O)C(O)[C@@H]1C. The van der Waals surface area contributed by atoms with Crippen molar-refractivity contribution in [2.45, 2.75) is 253 Å². The van der Waals surface area contributed by atoms with Gasteiger partial charge in [0.1, 0.15) is 71.9 Å². The number of Topliss-reactive ketones (excluding diaryl/α,β-unsaturated/α-hetero) is 2. The lowest BCUT2D eigenvalue weighted by Crippen LogP contribution is -2.67. The zero-order valence-corrected chi connectivity index (χ0v) is 55.6. The smallest absolute Gasteiger partial charge is 0.251 e. The average molecular weight is 1350 g/mol. The van der Waals surface area contributed by atoms with Crippen LogP contribution in [0.3, 0.4) is 0 Å². The molecule has 11 unspecified atom stereocenters. The van der Waals surface area contributed by atoms with Crippen LogP contribution in [0.1, 0.15) is 154 Å². The van der Waals surface area contributed by atoms with E-state index in [0.29, 0.717) is 68.4 Å². The van der Waals surface area contributed by atoms with Gasteiger partial charge in [0.25, 0.3) is 5.91 Å². The molecule has 530 valence electrons. The first-order chi connectivity index (χ1) is 46.2. The molecule has 0 aromatic heterocycles. The number of carbonyl (C=O) groups is 4. The molecule has 4 aliphatic heterocycles. The number of ketones is 2. The number of ether oxygens (including phenoxy) is 6. The van der Waals surface area contributed by atoms with Crippen LogP contribution in [0.15, 0.2) is 73.0 Å². The summed E-state index contributed by atoms with van der Waals surface area (Å²) >= 11 is 0. The van der Waals surface area contributed by atoms with Crippen LogP contribution in [0, 0.1) is 53.1 Å². The van der Waals surface area contributed by atoms with Gasteiger partial charge in [-0.15, -0.1) is 5.53 Å². The van der Waals surface area contributed by atoms with Gasteiger partial charge in [-0.1, -0.05) is 94.9 Å². The number of nitrogens with zero attached hydrogens (tertiary/aromatic N) is 2. The molecule has 9 aliphatic rings. The van der Waals surface area contributed by atoms with Crippen molar-refractivity contribution in [2.75, 3.05) is 19.7 Å². The largest absolute Gasteiger partial charge is 0.394 e. The summed E-state index contributed by atoms with van der Waals surface area (Å²) in [6, 6.07) is 10.1. The third-order valence-corrected chi connectivity index (χ3v) is 22.2. The summed E-state index contributed by atoms with van der Waals surface area (Å²) in [5.41, 5.74) is 8.44. The summed E-state index contributed by atoms with van der Waals surface area (Å²) < 4.78 is 68.6. The van der Waals surface area contributed by atoms with Gasteiger partial charge in [-0.3, -0.25) is 24.2 Å². The lowest BCUT2D eigenvalue weighted by molar-refractivity contribution is -0.331. The summed E-state index contributed by atoms with van der Waals surface area (Å²) in [6.45, 7) is 7.08. The molecule has 2 amide bonds. The van der Waals surface area contributed by atoms with E-state index in [0.717, 1.165) is 44.1 Å². The molecule has 4 saturated carbocycles. The van der Waals surface area contributed by atoms with Crippen molar-refractivity contribution in [3.63, 3.8) is 0 Å². The number of nitrogens with one attached hydrogen (secondary N) is 3. The summed E-state index contributed by atoms with van der Waals surface area (Å²) in [5, 5.41) is 84.8. The summed E-state index contributed by atoms with van der Waals surface area (Å²) in [4.78, 5) is 58.7. The summed E-state index contributed by atoms with van der Waals surface area (Å²) in [5.74, 6) is -4.62. The number of carbonyl (C=O) groups excluding carboxylic acids is 4. The van der Waals surface area contributed by atoms with Gasteiger partial charge in [0, 0.05) is 68.3 Å². The van der Waals surface area contributed by atoms with Crippen molar-refractivity contribution in [2.24, 2.45) is 41.4 Å². The molecule has 7 fully saturated rings. The maximum absolute atomic E-state index is 14.8. The van der Waals surface area contributed by atoms with Crippen molar-refractivity contribution < 1.29 is 92.1 Å². The number of hydrogen-bond donors (Lipinski definition) is 10. The van der Waals surface area contributed by atoms with Crippen molar-refractivity contribution in [3.8, 4) is 0 Å². The van der Waals surface area contributed by atoms with Gasteiger partial charge in [-0.2, -0.15) is 0 Å². The number of benzene rings is 2. The molecule has 2 aromatic carbocycles. The molecule has 24 heteroatoms. The second-order valence-electron chi connectivity index (χ2n) is 28.7. The fraction of sp³-hybridized carbons (Fsp3) is 0.694. The van der Waals surface area contributed by atoms with Crippen molar-refractivity contribution in [1.29, 1.82) is 0 Å². The van der Waals surface area contributed by atoms with Crippen LogP contribution in [-0.2, 0) is 47.6 Å². The molecule has 11 rings (SSSR count). The van der Waals surface area contributed by atoms with E-state index in [1.807, 2.05) is 25.2 Å². The van der Waals surface area contributed by atoms with Crippen LogP contribution in [0.4, 0.5) is 8.78 Å². The Morgan fingerprint density at radius 3 is 2.08 bits per heavy atom. The van der Waals surface area contributed by atoms with Gasteiger partial charge in [0.15, 0.2) is 12.6 Å². The first kappa shape index (κ1) is 72.1. The second-order valence-corrected chi connectivity index (χ2v) is 28.7. The minimum Gasteiger partial charge on any atom is -0.394 e. The summed E-state index contributed by atoms with van der Waals surface area (Å²) in [7, 11) is 0. The molecule has 24 atom stereocenters. The molecule has 2 aromatic rings. The molecule has 5 aliphatic carbocycles. The Morgan fingerprint density at radius 2 is 1.42 bits per heavy atom. The Labute approximate surface area is 561 Å². The van der Waals surface area contributed by atoms with E-state index in [2.05, 4.69) is 16.3 Å². The summed E-state index contributed by atoms with van der Waals surface area (Å²) in [6.07, 6.45) is -1.10. The predicted molar refractivity (Wildman–Crippen MR) is 346 cm³/mol. The zero-order valence-electron chi connectivity index (χ0n) is 55.6. The molecule has 22 nitrogen and oxygen atoms in total. The van der Waals surface area contributed by atoms with Crippen molar-refractivity contribution in [1.82, 2.24) is 26.2 Å². The number of allylic oxidation sites excluding steroid dienone is 4. The number of likely N-dealkylation sites (tertiary alicyclic amines) is 1. The number of aliphatic hydroxyl groups is 7. The van der Waals surface area contributed by atoms with E-state index in [4.69, 9.17) is 28.4 Å². The van der Waals surface area contributed by atoms with E-state index < -0.39 is 158 Å². The third-order valence-electron chi connectivity index (χ3n) is 22.2. The fourth-order valence-electron chi connectivity index (χ4n) is 16.4. The van der Waals surface area contributed by atoms with Gasteiger partial charge in [-0.05, 0) is 124 Å². The monoisotopic (exact) mass is 1350 g/mol. The Morgan fingerprint density at radius 1 is 0.729 bits per heavy atom. The molecule has 3 saturated heterocycles. The minimum absolute atomic E-state index is 0.0765. The molecule has 4 heterocycles. The van der Waals surface area contributed by atoms with Gasteiger partial charge in [0.2, 0.25) is 5.91 Å². The molecular weight excluding hydrogens is 1240 g/mol. The highest BCUT2D eigenvalue weighted by Crippen LogP contribution is 2.45. The number of unbranched alkanes of at least 4 members (excludes halogenated alkanes) is 1. The number of aliphatic hydroxyl groups excluding tert-OH is 7. The highest BCUT2D eigenvalue weighted by molar-refractivity contribution is 5.83. The Bertz CT molecular complexity index is 3080. The zero-order chi connectivity index (χ0) is 68.1. The molecule has 10 N–H and O–H groups in total. The van der Waals surface area contributed by atoms with Crippen LogP contribution in [0.2, 0.25) is 0 Å². The van der Waals surface area contributed by atoms with E-state index in [1.165, 1.54) is 36.2 Å². The highest BCUT2D eigenvalue weighted by Gasteiger charge is 2.54. The van der Waals surface area contributed by atoms with E-state index in [-0.39, 0.29) is 73.8 Å². The number of hydrazine groups is 2. The first-order valence-electron chi connectivity index (χ1n) is 35.3. The highest BCUT2D eigenvalue weighted by atomic mass is 19.1. The minimum atomic E-state index is -1.51. The number of rotatable bonds is 25. The van der Waals surface area contributed by atoms with Crippen LogP contribution >= 0.6 is 0 Å². The maximum atomic E-state index is 14.8. The lowest BCUT2D eigenvalue weighted by Gasteiger charge is -2.49. The fourth-order valence-corrected chi connectivity index (χ4v) is 16.4. The maximum Gasteiger partial charge on any atom is 0.251 e. The number of amides is 2. The van der Waals surface area contributed by atoms with Crippen LogP contribution < -0.4 is 16.3 Å². The number of halogens is 2. The lowest BCUT2D eigenvalue weighted by atomic mass is 9.70. The second kappa shape index (κ2) is 32.4. The Kier molecular flexibility index (Phi) is 24.4. The van der Waals surface area contributed by atoms with Crippen molar-refractivity contribution >= 4 is 34.7 Å². The molecule has 0 spiro atoms. The first-order valence-corrected chi connectivity index (χ1v) is 35.3. The quantitative estimate of drug-likeness (QED) is 0.0554. The van der Waals surface area contributed by atoms with Gasteiger partial charge in [0.05, 0.1) is 61.1 Å². The average Bonchev–Trinajstić information content (AvgIpc) is 1.19. The van der Waals surface area contributed by atoms with Gasteiger partial charge in [-0.25, -0.2) is 8.78 Å². The molecular formula is C72H101F2N5O17. The Balaban J connectivity index is 0.789. The molecule has 0 radical (unpaired) electrons. The van der Waals surface area contributed by atoms with Gasteiger partial charge >= 0.3 is 0 Å².